The number of carbonyl (C=O) groups is 1. The van der Waals surface area contributed by atoms with Crippen LogP contribution in [-0.4, -0.2) is 48.0 Å². The first-order valence-electron chi connectivity index (χ1n) is 8.42. The molecule has 1 atom stereocenters. The Kier molecular flexibility index (Phi) is 4.88. The molecule has 1 aliphatic heterocycles. The number of Topliss-reactive ketones (excluding diaryl/α,β-unsaturated/α-hetero) is 1. The maximum absolute atomic E-state index is 11.5. The van der Waals surface area contributed by atoms with Gasteiger partial charge in [-0.1, -0.05) is 0 Å². The number of piperidine rings is 1. The summed E-state index contributed by atoms with van der Waals surface area (Å²) in [6.07, 6.45) is 1.74. The lowest BCUT2D eigenvalue weighted by Gasteiger charge is -2.32. The molecule has 2 aromatic rings. The summed E-state index contributed by atoms with van der Waals surface area (Å²) >= 11 is 0. The number of hydrogen-bond donors (Lipinski definition) is 0. The second kappa shape index (κ2) is 7.11. The Morgan fingerprint density at radius 1 is 1.42 bits per heavy atom. The van der Waals surface area contributed by atoms with E-state index in [1.807, 2.05) is 19.0 Å². The molecule has 0 saturated carbocycles. The van der Waals surface area contributed by atoms with E-state index in [1.165, 1.54) is 13.0 Å². The molecular formula is C17H21N5O4. The van der Waals surface area contributed by atoms with Gasteiger partial charge in [0.15, 0.2) is 5.78 Å². The van der Waals surface area contributed by atoms with Crippen LogP contribution in [0.4, 0.5) is 17.3 Å². The zero-order chi connectivity index (χ0) is 18.8. The zero-order valence-corrected chi connectivity index (χ0v) is 15.0. The van der Waals surface area contributed by atoms with Gasteiger partial charge in [-0.3, -0.25) is 14.9 Å². The van der Waals surface area contributed by atoms with E-state index < -0.39 is 4.92 Å². The molecule has 3 rings (SSSR count). The number of hydrogen-bond acceptors (Lipinski definition) is 8. The number of benzene rings is 1. The lowest BCUT2D eigenvalue weighted by molar-refractivity contribution is -0.384. The van der Waals surface area contributed by atoms with Gasteiger partial charge in [0.1, 0.15) is 5.69 Å². The Bertz CT molecular complexity index is 832. The summed E-state index contributed by atoms with van der Waals surface area (Å²) in [4.78, 5) is 30.7. The highest BCUT2D eigenvalue weighted by atomic mass is 16.6. The standard InChI is InChI=1S/C17H21N5O4/c1-11(23)12-6-7-14(15(9-12)22(24)25)21-8-4-5-13(10-21)16-18-17(19-26-16)20(2)3/h6-7,9,13H,4-5,8,10H2,1-3H3. The number of aromatic nitrogens is 2. The molecule has 9 heteroatoms. The molecule has 138 valence electrons. The second-order valence-corrected chi connectivity index (χ2v) is 6.63. The highest BCUT2D eigenvalue weighted by Crippen LogP contribution is 2.35. The van der Waals surface area contributed by atoms with Crippen molar-refractivity contribution in [3.63, 3.8) is 0 Å². The first-order chi connectivity index (χ1) is 12.4. The Labute approximate surface area is 150 Å². The van der Waals surface area contributed by atoms with Crippen LogP contribution in [-0.2, 0) is 0 Å². The zero-order valence-electron chi connectivity index (χ0n) is 15.0. The van der Waals surface area contributed by atoms with Crippen LogP contribution in [0.5, 0.6) is 0 Å². The van der Waals surface area contributed by atoms with Crippen LogP contribution < -0.4 is 9.80 Å². The number of nitro groups is 1. The highest BCUT2D eigenvalue weighted by molar-refractivity contribution is 5.95. The molecule has 0 N–H and O–H groups in total. The molecule has 0 bridgehead atoms. The quantitative estimate of drug-likeness (QED) is 0.456. The third-order valence-electron chi connectivity index (χ3n) is 4.52. The summed E-state index contributed by atoms with van der Waals surface area (Å²) in [5, 5.41) is 15.4. The number of rotatable bonds is 5. The lowest BCUT2D eigenvalue weighted by Crippen LogP contribution is -2.35. The van der Waals surface area contributed by atoms with Gasteiger partial charge in [0, 0.05) is 38.8 Å². The summed E-state index contributed by atoms with van der Waals surface area (Å²) in [5.41, 5.74) is 0.788. The summed E-state index contributed by atoms with van der Waals surface area (Å²) in [5.74, 6) is 0.866. The van der Waals surface area contributed by atoms with Crippen molar-refractivity contribution in [1.82, 2.24) is 10.1 Å². The smallest absolute Gasteiger partial charge is 0.293 e. The van der Waals surface area contributed by atoms with Gasteiger partial charge < -0.3 is 14.3 Å². The molecule has 0 spiro atoms. The number of ketones is 1. The fourth-order valence-electron chi connectivity index (χ4n) is 3.13. The van der Waals surface area contributed by atoms with Crippen LogP contribution >= 0.6 is 0 Å². The minimum atomic E-state index is -0.442. The summed E-state index contributed by atoms with van der Waals surface area (Å²) in [6.45, 7) is 2.65. The molecule has 2 heterocycles. The van der Waals surface area contributed by atoms with E-state index in [0.717, 1.165) is 12.8 Å². The first kappa shape index (κ1) is 17.8. The highest BCUT2D eigenvalue weighted by Gasteiger charge is 2.30. The number of nitro benzene ring substituents is 1. The van der Waals surface area contributed by atoms with Crippen molar-refractivity contribution < 1.29 is 14.2 Å². The van der Waals surface area contributed by atoms with E-state index in [4.69, 9.17) is 4.52 Å². The van der Waals surface area contributed by atoms with Crippen molar-refractivity contribution in [1.29, 1.82) is 0 Å². The van der Waals surface area contributed by atoms with Gasteiger partial charge in [-0.05, 0) is 37.1 Å². The van der Waals surface area contributed by atoms with E-state index in [1.54, 1.807) is 17.0 Å². The van der Waals surface area contributed by atoms with Gasteiger partial charge in [0.05, 0.1) is 10.8 Å². The van der Waals surface area contributed by atoms with Crippen molar-refractivity contribution in [2.24, 2.45) is 0 Å². The number of nitrogens with zero attached hydrogens (tertiary/aromatic N) is 5. The maximum atomic E-state index is 11.5. The van der Waals surface area contributed by atoms with Crippen molar-refractivity contribution in [3.8, 4) is 0 Å². The van der Waals surface area contributed by atoms with E-state index in [2.05, 4.69) is 10.1 Å². The van der Waals surface area contributed by atoms with Crippen molar-refractivity contribution in [2.45, 2.75) is 25.7 Å². The Balaban J connectivity index is 1.87. The topological polar surface area (TPSA) is 106 Å². The molecule has 1 saturated heterocycles. The molecule has 9 nitrogen and oxygen atoms in total. The molecule has 1 fully saturated rings. The lowest BCUT2D eigenvalue weighted by atomic mass is 9.97. The maximum Gasteiger partial charge on any atom is 0.293 e. The second-order valence-electron chi connectivity index (χ2n) is 6.63. The summed E-state index contributed by atoms with van der Waals surface area (Å²) in [7, 11) is 3.67. The molecule has 1 aromatic heterocycles. The van der Waals surface area contributed by atoms with E-state index >= 15 is 0 Å². The third kappa shape index (κ3) is 3.51. The van der Waals surface area contributed by atoms with Gasteiger partial charge in [-0.15, -0.1) is 0 Å². The minimum Gasteiger partial charge on any atom is -0.365 e. The van der Waals surface area contributed by atoms with Gasteiger partial charge >= 0.3 is 0 Å². The van der Waals surface area contributed by atoms with Gasteiger partial charge in [0.2, 0.25) is 5.89 Å². The Morgan fingerprint density at radius 2 is 2.19 bits per heavy atom. The molecule has 1 aliphatic rings. The fourth-order valence-corrected chi connectivity index (χ4v) is 3.13. The first-order valence-corrected chi connectivity index (χ1v) is 8.42. The van der Waals surface area contributed by atoms with Crippen molar-refractivity contribution in [3.05, 3.63) is 39.8 Å². The number of anilines is 2. The van der Waals surface area contributed by atoms with Crippen LogP contribution in [0.25, 0.3) is 0 Å². The molecule has 0 radical (unpaired) electrons. The van der Waals surface area contributed by atoms with Gasteiger partial charge in [0.25, 0.3) is 11.6 Å². The molecule has 1 unspecified atom stereocenters. The molecule has 26 heavy (non-hydrogen) atoms. The summed E-state index contributed by atoms with van der Waals surface area (Å²) in [6, 6.07) is 4.62. The largest absolute Gasteiger partial charge is 0.365 e. The molecular weight excluding hydrogens is 338 g/mol. The normalized spacial score (nSPS) is 17.2. The molecule has 1 aromatic carbocycles. The van der Waals surface area contributed by atoms with Gasteiger partial charge in [-0.2, -0.15) is 4.98 Å². The molecule has 0 amide bonds. The number of carbonyl (C=O) groups excluding carboxylic acids is 1. The van der Waals surface area contributed by atoms with Crippen LogP contribution in [0.15, 0.2) is 22.7 Å². The van der Waals surface area contributed by atoms with E-state index in [0.29, 0.717) is 36.2 Å². The third-order valence-corrected chi connectivity index (χ3v) is 4.52. The van der Waals surface area contributed by atoms with Gasteiger partial charge in [-0.25, -0.2) is 0 Å². The average molecular weight is 359 g/mol. The van der Waals surface area contributed by atoms with E-state index in [-0.39, 0.29) is 17.4 Å². The van der Waals surface area contributed by atoms with Crippen LogP contribution in [0, 0.1) is 10.1 Å². The van der Waals surface area contributed by atoms with Crippen LogP contribution in [0.2, 0.25) is 0 Å². The minimum absolute atomic E-state index is 0.0111. The van der Waals surface area contributed by atoms with Crippen molar-refractivity contribution >= 4 is 23.1 Å². The van der Waals surface area contributed by atoms with E-state index in [9.17, 15) is 14.9 Å². The summed E-state index contributed by atoms with van der Waals surface area (Å²) < 4.78 is 5.37. The Hall–Kier alpha value is -2.97. The Morgan fingerprint density at radius 3 is 2.81 bits per heavy atom. The predicted molar refractivity (Wildman–Crippen MR) is 95.9 cm³/mol. The molecule has 0 aliphatic carbocycles. The SMILES string of the molecule is CC(=O)c1ccc(N2CCCC(c3nc(N(C)C)no3)C2)c([N+](=O)[O-])c1. The van der Waals surface area contributed by atoms with Crippen molar-refractivity contribution in [2.75, 3.05) is 37.0 Å². The predicted octanol–water partition coefficient (Wildman–Crippen LogP) is 2.63. The monoisotopic (exact) mass is 359 g/mol. The van der Waals surface area contributed by atoms with Crippen LogP contribution in [0.1, 0.15) is 41.9 Å². The fraction of sp³-hybridized carbons (Fsp3) is 0.471. The van der Waals surface area contributed by atoms with Crippen LogP contribution in [0.3, 0.4) is 0 Å². The average Bonchev–Trinajstić information content (AvgIpc) is 3.11.